The number of aryl methyl sites for hydroxylation is 1. The summed E-state index contributed by atoms with van der Waals surface area (Å²) in [4.78, 5) is 0.822. The second-order valence-corrected chi connectivity index (χ2v) is 5.70. The molecule has 3 rings (SSSR count). The van der Waals surface area contributed by atoms with Gasteiger partial charge in [0.1, 0.15) is 0 Å². The van der Waals surface area contributed by atoms with E-state index in [9.17, 15) is 5.11 Å². The van der Waals surface area contributed by atoms with E-state index in [2.05, 4.69) is 22.3 Å². The molecule has 0 spiro atoms. The third kappa shape index (κ3) is 2.73. The van der Waals surface area contributed by atoms with Gasteiger partial charge in [-0.1, -0.05) is 23.5 Å². The lowest BCUT2D eigenvalue weighted by atomic mass is 10.2. The molecule has 3 aromatic rings. The van der Waals surface area contributed by atoms with E-state index < -0.39 is 0 Å². The molecule has 0 amide bonds. The topological polar surface area (TPSA) is 59.1 Å². The van der Waals surface area contributed by atoms with Crippen LogP contribution in [0.2, 0.25) is 0 Å². The molecule has 0 aliphatic heterocycles. The maximum absolute atomic E-state index is 9.56. The van der Waals surface area contributed by atoms with Gasteiger partial charge in [0.2, 0.25) is 4.80 Å². The molecule has 0 unspecified atom stereocenters. The van der Waals surface area contributed by atoms with Crippen molar-refractivity contribution >= 4 is 27.8 Å². The quantitative estimate of drug-likeness (QED) is 0.597. The van der Waals surface area contributed by atoms with Gasteiger partial charge in [0, 0.05) is 7.05 Å². The second-order valence-electron chi connectivity index (χ2n) is 4.69. The number of benzene rings is 2. The summed E-state index contributed by atoms with van der Waals surface area (Å²) in [5.74, 6) is 0.517. The largest absolute Gasteiger partial charge is 0.504 e. The first kappa shape index (κ1) is 14.3. The van der Waals surface area contributed by atoms with Gasteiger partial charge in [0.15, 0.2) is 11.5 Å². The van der Waals surface area contributed by atoms with Crippen LogP contribution in [-0.2, 0) is 7.05 Å². The highest BCUT2D eigenvalue weighted by molar-refractivity contribution is 7.16. The minimum Gasteiger partial charge on any atom is -0.504 e. The molecule has 0 fully saturated rings. The van der Waals surface area contributed by atoms with E-state index in [4.69, 9.17) is 4.74 Å². The van der Waals surface area contributed by atoms with Gasteiger partial charge in [-0.15, -0.1) is 5.10 Å². The molecule has 112 valence electrons. The summed E-state index contributed by atoms with van der Waals surface area (Å²) in [6, 6.07) is 13.2. The molecule has 0 saturated carbocycles. The minimum atomic E-state index is 0.104. The van der Waals surface area contributed by atoms with Crippen LogP contribution in [0, 0.1) is 0 Å². The number of phenolic OH excluding ortho intramolecular Hbond substituents is 1. The number of methoxy groups -OCH3 is 1. The molecule has 0 bridgehead atoms. The molecule has 0 radical (unpaired) electrons. The Balaban J connectivity index is 1.93. The molecule has 1 heterocycles. The van der Waals surface area contributed by atoms with Gasteiger partial charge in [-0.3, -0.25) is 0 Å². The third-order valence-electron chi connectivity index (χ3n) is 3.27. The number of para-hydroxylation sites is 1. The van der Waals surface area contributed by atoms with Gasteiger partial charge < -0.3 is 14.4 Å². The smallest absolute Gasteiger partial charge is 0.211 e. The fraction of sp³-hybridized carbons (Fsp3) is 0.125. The van der Waals surface area contributed by atoms with E-state index in [-0.39, 0.29) is 5.75 Å². The Kier molecular flexibility index (Phi) is 3.93. The van der Waals surface area contributed by atoms with Crippen molar-refractivity contribution < 1.29 is 9.84 Å². The summed E-state index contributed by atoms with van der Waals surface area (Å²) in [6.45, 7) is 0. The summed E-state index contributed by atoms with van der Waals surface area (Å²) in [5, 5.41) is 18.0. The van der Waals surface area contributed by atoms with E-state index in [1.807, 2.05) is 23.7 Å². The summed E-state index contributed by atoms with van der Waals surface area (Å²) in [6.07, 6.45) is 1.63. The van der Waals surface area contributed by atoms with Gasteiger partial charge in [0.25, 0.3) is 0 Å². The van der Waals surface area contributed by atoms with Gasteiger partial charge in [-0.05, 0) is 35.9 Å². The minimum absolute atomic E-state index is 0.104. The zero-order chi connectivity index (χ0) is 15.5. The number of hydrogen-bond donors (Lipinski definition) is 1. The maximum atomic E-state index is 9.56. The Morgan fingerprint density at radius 2 is 2.05 bits per heavy atom. The number of thiazole rings is 1. The Hall–Kier alpha value is -2.60. The highest BCUT2D eigenvalue weighted by Crippen LogP contribution is 2.25. The maximum Gasteiger partial charge on any atom is 0.211 e. The summed E-state index contributed by atoms with van der Waals surface area (Å²) >= 11 is 1.59. The Morgan fingerprint density at radius 3 is 2.82 bits per heavy atom. The molecule has 0 saturated heterocycles. The number of aromatic hydroxyl groups is 1. The van der Waals surface area contributed by atoms with E-state index >= 15 is 0 Å². The lowest BCUT2D eigenvalue weighted by molar-refractivity contribution is 0.373. The average molecular weight is 313 g/mol. The lowest BCUT2D eigenvalue weighted by Crippen LogP contribution is -2.08. The number of ether oxygens (including phenoxy) is 1. The fourth-order valence-electron chi connectivity index (χ4n) is 2.10. The Bertz CT molecular complexity index is 909. The van der Waals surface area contributed by atoms with Crippen LogP contribution >= 0.6 is 11.3 Å². The predicted octanol–water partition coefficient (Wildman–Crippen LogP) is 2.89. The molecular weight excluding hydrogens is 298 g/mol. The van der Waals surface area contributed by atoms with Crippen molar-refractivity contribution in [2.24, 2.45) is 17.3 Å². The number of hydrogen-bond acceptors (Lipinski definition) is 5. The number of nitrogens with zero attached hydrogens (tertiary/aromatic N) is 3. The monoisotopic (exact) mass is 313 g/mol. The number of aromatic nitrogens is 1. The van der Waals surface area contributed by atoms with Gasteiger partial charge in [0.05, 0.1) is 23.5 Å². The average Bonchev–Trinajstić information content (AvgIpc) is 2.86. The first-order valence-electron chi connectivity index (χ1n) is 6.67. The van der Waals surface area contributed by atoms with E-state index in [0.717, 1.165) is 15.9 Å². The van der Waals surface area contributed by atoms with E-state index in [1.165, 1.54) is 11.8 Å². The summed E-state index contributed by atoms with van der Waals surface area (Å²) < 4.78 is 8.25. The first-order valence-corrected chi connectivity index (χ1v) is 7.49. The molecule has 5 nitrogen and oxygen atoms in total. The normalized spacial score (nSPS) is 12.4. The predicted molar refractivity (Wildman–Crippen MR) is 88.6 cm³/mol. The van der Waals surface area contributed by atoms with Crippen LogP contribution in [0.4, 0.5) is 0 Å². The highest BCUT2D eigenvalue weighted by Gasteiger charge is 2.02. The van der Waals surface area contributed by atoms with Gasteiger partial charge >= 0.3 is 0 Å². The molecule has 1 N–H and O–H groups in total. The molecule has 22 heavy (non-hydrogen) atoms. The molecule has 2 aromatic carbocycles. The van der Waals surface area contributed by atoms with E-state index in [0.29, 0.717) is 5.75 Å². The molecular formula is C16H15N3O2S. The molecule has 0 aliphatic rings. The van der Waals surface area contributed by atoms with Crippen molar-refractivity contribution in [3.63, 3.8) is 0 Å². The third-order valence-corrected chi connectivity index (χ3v) is 4.37. The van der Waals surface area contributed by atoms with Crippen LogP contribution in [-0.4, -0.2) is 23.0 Å². The fourth-order valence-corrected chi connectivity index (χ4v) is 3.07. The zero-order valence-electron chi connectivity index (χ0n) is 12.2. The summed E-state index contributed by atoms with van der Waals surface area (Å²) in [7, 11) is 3.48. The van der Waals surface area contributed by atoms with Crippen LogP contribution in [0.25, 0.3) is 10.2 Å². The van der Waals surface area contributed by atoms with Crippen molar-refractivity contribution in [1.82, 2.24) is 4.57 Å². The number of phenols is 1. The van der Waals surface area contributed by atoms with Gasteiger partial charge in [-0.2, -0.15) is 5.10 Å². The molecule has 0 aliphatic carbocycles. The number of rotatable bonds is 3. The highest BCUT2D eigenvalue weighted by atomic mass is 32.1. The molecule has 1 aromatic heterocycles. The van der Waals surface area contributed by atoms with Crippen LogP contribution in [0.15, 0.2) is 52.7 Å². The van der Waals surface area contributed by atoms with Crippen molar-refractivity contribution in [3.05, 3.63) is 52.8 Å². The van der Waals surface area contributed by atoms with E-state index in [1.54, 1.807) is 35.8 Å². The van der Waals surface area contributed by atoms with Crippen LogP contribution < -0.4 is 9.54 Å². The van der Waals surface area contributed by atoms with Crippen molar-refractivity contribution in [2.45, 2.75) is 0 Å². The van der Waals surface area contributed by atoms with Crippen LogP contribution in [0.3, 0.4) is 0 Å². The van der Waals surface area contributed by atoms with Crippen LogP contribution in [0.1, 0.15) is 5.56 Å². The van der Waals surface area contributed by atoms with Crippen molar-refractivity contribution in [1.29, 1.82) is 0 Å². The Labute approximate surface area is 131 Å². The molecule has 0 atom stereocenters. The van der Waals surface area contributed by atoms with Crippen molar-refractivity contribution in [2.75, 3.05) is 7.11 Å². The standard InChI is InChI=1S/C16H15N3O2S/c1-19-12-5-3-4-6-15(12)22-16(19)18-17-10-11-7-8-13(20)14(9-11)21-2/h3-10,20H,1-2H3/b17-10+,18-16+. The zero-order valence-corrected chi connectivity index (χ0v) is 13.0. The molecule has 6 heteroatoms. The second kappa shape index (κ2) is 6.03. The van der Waals surface area contributed by atoms with Crippen LogP contribution in [0.5, 0.6) is 11.5 Å². The lowest BCUT2D eigenvalue weighted by Gasteiger charge is -2.02. The SMILES string of the molecule is COc1cc(/C=N/N=c2/sc3ccccc3n2C)ccc1O. The Morgan fingerprint density at radius 1 is 1.23 bits per heavy atom. The van der Waals surface area contributed by atoms with Crippen molar-refractivity contribution in [3.8, 4) is 11.5 Å². The van der Waals surface area contributed by atoms with Gasteiger partial charge in [-0.25, -0.2) is 0 Å². The first-order chi connectivity index (χ1) is 10.7. The summed E-state index contributed by atoms with van der Waals surface area (Å²) in [5.41, 5.74) is 1.94. The number of fused-ring (bicyclic) bond motifs is 1.